The SMILES string of the molecule is Cc1ccccc1/C=C1\SC(=Nc2cccc(Br)c2)NC1=O. The van der Waals surface area contributed by atoms with E-state index in [-0.39, 0.29) is 5.91 Å². The molecule has 1 aliphatic rings. The maximum absolute atomic E-state index is 12.1. The van der Waals surface area contributed by atoms with Crippen LogP contribution in [0.2, 0.25) is 0 Å². The highest BCUT2D eigenvalue weighted by Crippen LogP contribution is 2.29. The van der Waals surface area contributed by atoms with Gasteiger partial charge in [0, 0.05) is 4.47 Å². The molecule has 0 saturated carbocycles. The predicted molar refractivity (Wildman–Crippen MR) is 96.1 cm³/mol. The number of thioether (sulfide) groups is 1. The molecular weight excluding hydrogens is 360 g/mol. The number of amidine groups is 1. The number of aliphatic imine (C=N–C) groups is 1. The fourth-order valence-corrected chi connectivity index (χ4v) is 3.25. The fraction of sp³-hybridized carbons (Fsp3) is 0.0588. The summed E-state index contributed by atoms with van der Waals surface area (Å²) in [4.78, 5) is 17.2. The zero-order valence-corrected chi connectivity index (χ0v) is 14.2. The van der Waals surface area contributed by atoms with Crippen LogP contribution in [0, 0.1) is 6.92 Å². The van der Waals surface area contributed by atoms with E-state index in [0.29, 0.717) is 10.1 Å². The van der Waals surface area contributed by atoms with Gasteiger partial charge >= 0.3 is 0 Å². The molecule has 1 amide bonds. The summed E-state index contributed by atoms with van der Waals surface area (Å²) in [5.41, 5.74) is 2.99. The first-order chi connectivity index (χ1) is 10.6. The number of carbonyl (C=O) groups excluding carboxylic acids is 1. The topological polar surface area (TPSA) is 41.5 Å². The Morgan fingerprint density at radius 1 is 1.18 bits per heavy atom. The van der Waals surface area contributed by atoms with Crippen molar-refractivity contribution in [2.24, 2.45) is 4.99 Å². The van der Waals surface area contributed by atoms with Crippen LogP contribution in [-0.4, -0.2) is 11.1 Å². The monoisotopic (exact) mass is 372 g/mol. The quantitative estimate of drug-likeness (QED) is 0.779. The molecule has 1 saturated heterocycles. The first-order valence-electron chi connectivity index (χ1n) is 6.72. The van der Waals surface area contributed by atoms with Crippen molar-refractivity contribution in [1.82, 2.24) is 5.32 Å². The van der Waals surface area contributed by atoms with Gasteiger partial charge in [-0.2, -0.15) is 0 Å². The Hall–Kier alpha value is -1.85. The smallest absolute Gasteiger partial charge is 0.264 e. The van der Waals surface area contributed by atoms with Crippen LogP contribution in [0.1, 0.15) is 11.1 Å². The largest absolute Gasteiger partial charge is 0.300 e. The minimum absolute atomic E-state index is 0.109. The molecule has 1 aliphatic heterocycles. The summed E-state index contributed by atoms with van der Waals surface area (Å²) in [6.45, 7) is 2.03. The van der Waals surface area contributed by atoms with Gasteiger partial charge in [-0.05, 0) is 54.1 Å². The Labute approximate surface area is 141 Å². The second kappa shape index (κ2) is 6.50. The standard InChI is InChI=1S/C17H13BrN2OS/c1-11-5-2-3-6-12(11)9-15-16(21)20-17(22-15)19-14-8-4-7-13(18)10-14/h2-10H,1H3,(H,19,20,21)/b15-9-. The van der Waals surface area contributed by atoms with Crippen LogP contribution in [0.15, 0.2) is 62.9 Å². The second-order valence-electron chi connectivity index (χ2n) is 4.82. The van der Waals surface area contributed by atoms with Crippen LogP contribution in [0.3, 0.4) is 0 Å². The minimum atomic E-state index is -0.109. The average molecular weight is 373 g/mol. The van der Waals surface area contributed by atoms with E-state index in [1.54, 1.807) is 0 Å². The van der Waals surface area contributed by atoms with Crippen LogP contribution < -0.4 is 5.32 Å². The first-order valence-corrected chi connectivity index (χ1v) is 8.33. The third kappa shape index (κ3) is 3.48. The maximum Gasteiger partial charge on any atom is 0.264 e. The number of aryl methyl sites for hydroxylation is 1. The lowest BCUT2D eigenvalue weighted by molar-refractivity contribution is -0.115. The summed E-state index contributed by atoms with van der Waals surface area (Å²) in [5, 5.41) is 3.40. The van der Waals surface area contributed by atoms with E-state index < -0.39 is 0 Å². The summed E-state index contributed by atoms with van der Waals surface area (Å²) in [5.74, 6) is -0.109. The fourth-order valence-electron chi connectivity index (χ4n) is 2.03. The number of halogens is 1. The molecule has 0 aliphatic carbocycles. The molecule has 2 aromatic rings. The van der Waals surface area contributed by atoms with Crippen molar-refractivity contribution in [3.8, 4) is 0 Å². The highest BCUT2D eigenvalue weighted by Gasteiger charge is 2.23. The van der Waals surface area contributed by atoms with E-state index in [2.05, 4.69) is 26.2 Å². The molecule has 5 heteroatoms. The summed E-state index contributed by atoms with van der Waals surface area (Å²) < 4.78 is 0.958. The van der Waals surface area contributed by atoms with E-state index in [1.807, 2.05) is 61.5 Å². The van der Waals surface area contributed by atoms with Crippen molar-refractivity contribution in [1.29, 1.82) is 0 Å². The first kappa shape index (κ1) is 15.1. The number of benzene rings is 2. The number of hydrogen-bond acceptors (Lipinski definition) is 3. The lowest BCUT2D eigenvalue weighted by Gasteiger charge is -1.99. The number of carbonyl (C=O) groups is 1. The highest BCUT2D eigenvalue weighted by molar-refractivity contribution is 9.10. The second-order valence-corrected chi connectivity index (χ2v) is 6.76. The molecule has 0 atom stereocenters. The van der Waals surface area contributed by atoms with E-state index >= 15 is 0 Å². The van der Waals surface area contributed by atoms with Crippen LogP contribution in [0.4, 0.5) is 5.69 Å². The van der Waals surface area contributed by atoms with Crippen molar-refractivity contribution in [2.75, 3.05) is 0 Å². The summed E-state index contributed by atoms with van der Waals surface area (Å²) in [6.07, 6.45) is 1.90. The third-order valence-electron chi connectivity index (χ3n) is 3.16. The van der Waals surface area contributed by atoms with Crippen LogP contribution in [0.5, 0.6) is 0 Å². The summed E-state index contributed by atoms with van der Waals surface area (Å²) >= 11 is 4.77. The Morgan fingerprint density at radius 3 is 2.77 bits per heavy atom. The van der Waals surface area contributed by atoms with Gasteiger partial charge in [-0.1, -0.05) is 46.3 Å². The van der Waals surface area contributed by atoms with E-state index in [4.69, 9.17) is 0 Å². The van der Waals surface area contributed by atoms with Crippen molar-refractivity contribution >= 4 is 50.5 Å². The molecule has 0 radical (unpaired) electrons. The third-order valence-corrected chi connectivity index (χ3v) is 4.57. The van der Waals surface area contributed by atoms with Crippen LogP contribution in [-0.2, 0) is 4.79 Å². The number of rotatable bonds is 2. The molecule has 0 spiro atoms. The lowest BCUT2D eigenvalue weighted by atomic mass is 10.1. The summed E-state index contributed by atoms with van der Waals surface area (Å²) in [6, 6.07) is 15.6. The molecule has 1 N–H and O–H groups in total. The van der Waals surface area contributed by atoms with Crippen LogP contribution >= 0.6 is 27.7 Å². The van der Waals surface area contributed by atoms with Crippen molar-refractivity contribution in [3.05, 3.63) is 69.0 Å². The van der Waals surface area contributed by atoms with Gasteiger partial charge in [0.2, 0.25) is 0 Å². The molecule has 22 heavy (non-hydrogen) atoms. The van der Waals surface area contributed by atoms with Gasteiger partial charge in [0.05, 0.1) is 10.6 Å². The number of amides is 1. The molecule has 0 aromatic heterocycles. The number of nitrogens with zero attached hydrogens (tertiary/aromatic N) is 1. The maximum atomic E-state index is 12.1. The van der Waals surface area contributed by atoms with Gasteiger partial charge in [0.1, 0.15) is 0 Å². The zero-order valence-electron chi connectivity index (χ0n) is 11.8. The van der Waals surface area contributed by atoms with Gasteiger partial charge in [-0.25, -0.2) is 4.99 Å². The Kier molecular flexibility index (Phi) is 4.45. The molecule has 0 bridgehead atoms. The van der Waals surface area contributed by atoms with Crippen molar-refractivity contribution in [3.63, 3.8) is 0 Å². The normalized spacial score (nSPS) is 18.0. The molecule has 3 rings (SSSR count). The lowest BCUT2D eigenvalue weighted by Crippen LogP contribution is -2.19. The Balaban J connectivity index is 1.86. The van der Waals surface area contributed by atoms with Crippen LogP contribution in [0.25, 0.3) is 6.08 Å². The highest BCUT2D eigenvalue weighted by atomic mass is 79.9. The Bertz CT molecular complexity index is 799. The van der Waals surface area contributed by atoms with Gasteiger partial charge in [0.25, 0.3) is 5.91 Å². The molecule has 110 valence electrons. The molecular formula is C17H13BrN2OS. The van der Waals surface area contributed by atoms with Gasteiger partial charge in [0.15, 0.2) is 5.17 Å². The van der Waals surface area contributed by atoms with Crippen molar-refractivity contribution in [2.45, 2.75) is 6.92 Å². The summed E-state index contributed by atoms with van der Waals surface area (Å²) in [7, 11) is 0. The number of hydrogen-bond donors (Lipinski definition) is 1. The van der Waals surface area contributed by atoms with E-state index in [1.165, 1.54) is 11.8 Å². The van der Waals surface area contributed by atoms with Crippen molar-refractivity contribution < 1.29 is 4.79 Å². The molecule has 3 nitrogen and oxygen atoms in total. The molecule has 2 aromatic carbocycles. The molecule has 0 unspecified atom stereocenters. The molecule has 1 heterocycles. The van der Waals surface area contributed by atoms with Gasteiger partial charge in [-0.15, -0.1) is 0 Å². The minimum Gasteiger partial charge on any atom is -0.300 e. The molecule has 1 fully saturated rings. The van der Waals surface area contributed by atoms with Gasteiger partial charge < -0.3 is 5.32 Å². The predicted octanol–water partition coefficient (Wildman–Crippen LogP) is 4.65. The average Bonchev–Trinajstić information content (AvgIpc) is 2.81. The number of nitrogens with one attached hydrogen (secondary N) is 1. The Morgan fingerprint density at radius 2 is 2.00 bits per heavy atom. The zero-order chi connectivity index (χ0) is 15.5. The van der Waals surface area contributed by atoms with Gasteiger partial charge in [-0.3, -0.25) is 4.79 Å². The van der Waals surface area contributed by atoms with E-state index in [9.17, 15) is 4.79 Å². The van der Waals surface area contributed by atoms with E-state index in [0.717, 1.165) is 21.3 Å².